The fourth-order valence-electron chi connectivity index (χ4n) is 1.45. The first kappa shape index (κ1) is 12.7. The number of aliphatic hydroxyl groups is 1. The summed E-state index contributed by atoms with van der Waals surface area (Å²) in [6.45, 7) is 3.37. The van der Waals surface area contributed by atoms with Crippen molar-refractivity contribution in [3.63, 3.8) is 0 Å². The van der Waals surface area contributed by atoms with E-state index in [0.29, 0.717) is 25.3 Å². The van der Waals surface area contributed by atoms with Crippen molar-refractivity contribution in [1.82, 2.24) is 14.5 Å². The van der Waals surface area contributed by atoms with E-state index >= 15 is 0 Å². The average molecular weight is 227 g/mol. The van der Waals surface area contributed by atoms with E-state index in [-0.39, 0.29) is 17.9 Å². The van der Waals surface area contributed by atoms with Gasteiger partial charge >= 0.3 is 5.69 Å². The number of rotatable bonds is 5. The molecule has 0 aromatic carbocycles. The van der Waals surface area contributed by atoms with E-state index in [1.807, 2.05) is 0 Å². The highest BCUT2D eigenvalue weighted by Gasteiger charge is 2.04. The van der Waals surface area contributed by atoms with Crippen LogP contribution in [0.3, 0.4) is 0 Å². The van der Waals surface area contributed by atoms with Gasteiger partial charge in [0.2, 0.25) is 0 Å². The Morgan fingerprint density at radius 2 is 2.06 bits per heavy atom. The van der Waals surface area contributed by atoms with Gasteiger partial charge in [-0.25, -0.2) is 4.79 Å². The van der Waals surface area contributed by atoms with Gasteiger partial charge in [-0.1, -0.05) is 0 Å². The largest absolute Gasteiger partial charge is 0.395 e. The molecule has 2 N–H and O–H groups in total. The minimum atomic E-state index is -0.309. The van der Waals surface area contributed by atoms with Crippen molar-refractivity contribution in [2.45, 2.75) is 13.5 Å². The van der Waals surface area contributed by atoms with Gasteiger partial charge in [-0.05, 0) is 6.92 Å². The minimum absolute atomic E-state index is 0.0706. The van der Waals surface area contributed by atoms with E-state index in [0.717, 1.165) is 4.57 Å². The number of nitrogens with one attached hydrogen (secondary N) is 1. The first-order valence-electron chi connectivity index (χ1n) is 5.17. The predicted octanol–water partition coefficient (Wildman–Crippen LogP) is -1.56. The number of aliphatic hydroxyl groups excluding tert-OH is 1. The Balaban J connectivity index is 2.84. The highest BCUT2D eigenvalue weighted by molar-refractivity contribution is 4.99. The van der Waals surface area contributed by atoms with Crippen LogP contribution in [-0.2, 0) is 13.6 Å². The summed E-state index contributed by atoms with van der Waals surface area (Å²) in [6.07, 6.45) is 0. The molecule has 0 fully saturated rings. The van der Waals surface area contributed by atoms with Crippen LogP contribution in [0.4, 0.5) is 0 Å². The van der Waals surface area contributed by atoms with Crippen LogP contribution in [0.25, 0.3) is 0 Å². The molecule has 1 heterocycles. The maximum atomic E-state index is 11.7. The number of aryl methyl sites for hydroxylation is 1. The molecule has 1 aromatic rings. The first-order valence-corrected chi connectivity index (χ1v) is 5.17. The third kappa shape index (κ3) is 2.80. The van der Waals surface area contributed by atoms with Gasteiger partial charge < -0.3 is 10.4 Å². The molecule has 16 heavy (non-hydrogen) atoms. The van der Waals surface area contributed by atoms with Crippen molar-refractivity contribution in [2.75, 3.05) is 19.7 Å². The van der Waals surface area contributed by atoms with E-state index < -0.39 is 0 Å². The van der Waals surface area contributed by atoms with Crippen LogP contribution in [-0.4, -0.2) is 33.9 Å². The molecule has 1 rings (SSSR count). The van der Waals surface area contributed by atoms with Crippen LogP contribution < -0.4 is 16.6 Å². The topological polar surface area (TPSA) is 76.3 Å². The van der Waals surface area contributed by atoms with Crippen molar-refractivity contribution >= 4 is 0 Å². The highest BCUT2D eigenvalue weighted by Crippen LogP contribution is 1.88. The Morgan fingerprint density at radius 1 is 1.38 bits per heavy atom. The minimum Gasteiger partial charge on any atom is -0.395 e. The summed E-state index contributed by atoms with van der Waals surface area (Å²) >= 11 is 0. The molecule has 0 spiro atoms. The molecule has 0 atom stereocenters. The Hall–Kier alpha value is -1.40. The Morgan fingerprint density at radius 3 is 2.69 bits per heavy atom. The molecule has 90 valence electrons. The summed E-state index contributed by atoms with van der Waals surface area (Å²) in [5, 5.41) is 11.6. The lowest BCUT2D eigenvalue weighted by Crippen LogP contribution is -2.40. The van der Waals surface area contributed by atoms with Crippen molar-refractivity contribution < 1.29 is 5.11 Å². The molecule has 0 aliphatic heterocycles. The zero-order valence-electron chi connectivity index (χ0n) is 9.56. The van der Waals surface area contributed by atoms with Crippen LogP contribution in [0.1, 0.15) is 5.69 Å². The zero-order valence-corrected chi connectivity index (χ0v) is 9.56. The highest BCUT2D eigenvalue weighted by atomic mass is 16.3. The number of nitrogens with zero attached hydrogens (tertiary/aromatic N) is 2. The quantitative estimate of drug-likeness (QED) is 0.596. The van der Waals surface area contributed by atoms with Crippen molar-refractivity contribution in [1.29, 1.82) is 0 Å². The van der Waals surface area contributed by atoms with E-state index in [4.69, 9.17) is 5.11 Å². The van der Waals surface area contributed by atoms with Crippen LogP contribution in [0, 0.1) is 6.92 Å². The molecule has 6 nitrogen and oxygen atoms in total. The number of hydrogen-bond donors (Lipinski definition) is 2. The second-order valence-electron chi connectivity index (χ2n) is 3.59. The molecular weight excluding hydrogens is 210 g/mol. The van der Waals surface area contributed by atoms with Crippen LogP contribution in [0.5, 0.6) is 0 Å². The lowest BCUT2D eigenvalue weighted by molar-refractivity contribution is 0.291. The van der Waals surface area contributed by atoms with Crippen molar-refractivity contribution in [2.24, 2.45) is 7.05 Å². The lowest BCUT2D eigenvalue weighted by Gasteiger charge is -2.11. The molecule has 0 unspecified atom stereocenters. The van der Waals surface area contributed by atoms with E-state index in [9.17, 15) is 9.59 Å². The summed E-state index contributed by atoms with van der Waals surface area (Å²) in [5.74, 6) is 0. The molecule has 0 aliphatic rings. The van der Waals surface area contributed by atoms with Crippen LogP contribution >= 0.6 is 0 Å². The SMILES string of the molecule is Cc1cc(=O)n(C)c(=O)n1CCNCCO. The van der Waals surface area contributed by atoms with Gasteiger partial charge in [-0.15, -0.1) is 0 Å². The molecule has 6 heteroatoms. The van der Waals surface area contributed by atoms with Gasteiger partial charge in [0.05, 0.1) is 6.61 Å². The molecule has 0 aliphatic carbocycles. The summed E-state index contributed by atoms with van der Waals surface area (Å²) in [6, 6.07) is 1.44. The summed E-state index contributed by atoms with van der Waals surface area (Å²) < 4.78 is 2.62. The van der Waals surface area contributed by atoms with Crippen LogP contribution in [0.2, 0.25) is 0 Å². The maximum Gasteiger partial charge on any atom is 0.330 e. The monoisotopic (exact) mass is 227 g/mol. The van der Waals surface area contributed by atoms with Crippen molar-refractivity contribution in [3.05, 3.63) is 32.6 Å². The molecule has 0 bridgehead atoms. The predicted molar refractivity (Wildman–Crippen MR) is 60.6 cm³/mol. The fraction of sp³-hybridized carbons (Fsp3) is 0.600. The maximum absolute atomic E-state index is 11.7. The van der Waals surface area contributed by atoms with Gasteiger partial charge in [0.15, 0.2) is 0 Å². The van der Waals surface area contributed by atoms with E-state index in [1.165, 1.54) is 17.7 Å². The van der Waals surface area contributed by atoms with Crippen molar-refractivity contribution in [3.8, 4) is 0 Å². The summed E-state index contributed by atoms with van der Waals surface area (Å²) in [4.78, 5) is 23.0. The average Bonchev–Trinajstić information content (AvgIpc) is 2.25. The Labute approximate surface area is 93.1 Å². The standard InChI is InChI=1S/C10H17N3O3/c1-8-7-9(15)12(2)10(16)13(8)5-3-11-4-6-14/h7,11,14H,3-6H2,1-2H3. The third-order valence-corrected chi connectivity index (χ3v) is 2.41. The first-order chi connectivity index (χ1) is 7.57. The van der Waals surface area contributed by atoms with Gasteiger partial charge in [0, 0.05) is 38.4 Å². The molecule has 0 radical (unpaired) electrons. The Kier molecular flexibility index (Phi) is 4.45. The Bertz CT molecular complexity index is 461. The van der Waals surface area contributed by atoms with Gasteiger partial charge in [-0.3, -0.25) is 13.9 Å². The molecule has 1 aromatic heterocycles. The van der Waals surface area contributed by atoms with Gasteiger partial charge in [0.1, 0.15) is 0 Å². The molecule has 0 saturated carbocycles. The summed E-state index contributed by atoms with van der Waals surface area (Å²) in [5.41, 5.74) is 0.0526. The van der Waals surface area contributed by atoms with E-state index in [1.54, 1.807) is 6.92 Å². The summed E-state index contributed by atoms with van der Waals surface area (Å²) in [7, 11) is 1.46. The number of aromatic nitrogens is 2. The fourth-order valence-corrected chi connectivity index (χ4v) is 1.45. The van der Waals surface area contributed by atoms with Crippen LogP contribution in [0.15, 0.2) is 15.7 Å². The second kappa shape index (κ2) is 5.62. The number of hydrogen-bond acceptors (Lipinski definition) is 4. The molecule has 0 amide bonds. The van der Waals surface area contributed by atoms with E-state index in [2.05, 4.69) is 5.32 Å². The smallest absolute Gasteiger partial charge is 0.330 e. The van der Waals surface area contributed by atoms with Gasteiger partial charge in [0.25, 0.3) is 5.56 Å². The zero-order chi connectivity index (χ0) is 12.1. The molecule has 0 saturated heterocycles. The second-order valence-corrected chi connectivity index (χ2v) is 3.59. The van der Waals surface area contributed by atoms with Gasteiger partial charge in [-0.2, -0.15) is 0 Å². The molecular formula is C10H17N3O3. The lowest BCUT2D eigenvalue weighted by atomic mass is 10.4. The third-order valence-electron chi connectivity index (χ3n) is 2.41. The normalized spacial score (nSPS) is 10.7.